The highest BCUT2D eigenvalue weighted by molar-refractivity contribution is 7.89. The number of H-pyrrole nitrogens is 1. The zero-order chi connectivity index (χ0) is 19.6. The van der Waals surface area contributed by atoms with E-state index in [1.165, 1.54) is 4.31 Å². The number of sulfonamides is 1. The molecule has 1 aliphatic heterocycles. The molecule has 2 aromatic carbocycles. The molecule has 0 atom stereocenters. The van der Waals surface area contributed by atoms with Crippen LogP contribution in [-0.2, 0) is 23.1 Å². The molecule has 0 spiro atoms. The Kier molecular flexibility index (Phi) is 5.06. The molecular weight excluding hydrogens is 376 g/mol. The lowest BCUT2D eigenvalue weighted by molar-refractivity contribution is 0.410. The number of aromatic amines is 1. The molecule has 8 heteroatoms. The van der Waals surface area contributed by atoms with Gasteiger partial charge in [0.05, 0.1) is 25.7 Å². The molecule has 4 rings (SSSR count). The summed E-state index contributed by atoms with van der Waals surface area (Å²) >= 11 is 0. The number of benzene rings is 2. The number of imidazole rings is 1. The smallest absolute Gasteiger partial charge is 0.245 e. The molecule has 0 aliphatic carbocycles. The fraction of sp³-hybridized carbons (Fsp3) is 0.250. The lowest BCUT2D eigenvalue weighted by Gasteiger charge is -2.24. The first-order valence-corrected chi connectivity index (χ1v) is 10.5. The number of nitrogens with zero attached hydrogens (tertiary/aromatic N) is 3. The number of para-hydroxylation sites is 1. The molecule has 0 saturated carbocycles. The summed E-state index contributed by atoms with van der Waals surface area (Å²) in [6.45, 7) is 1.84. The van der Waals surface area contributed by atoms with Crippen molar-refractivity contribution in [3.05, 3.63) is 72.3 Å². The molecule has 2 heterocycles. The second kappa shape index (κ2) is 7.65. The number of hydrogen-bond donors (Lipinski definition) is 1. The third kappa shape index (κ3) is 3.61. The molecule has 3 aromatic rings. The van der Waals surface area contributed by atoms with Crippen molar-refractivity contribution in [1.29, 1.82) is 0 Å². The van der Waals surface area contributed by atoms with Crippen LogP contribution in [0.2, 0.25) is 0 Å². The largest absolute Gasteiger partial charge is 0.497 e. The summed E-state index contributed by atoms with van der Waals surface area (Å²) in [6, 6.07) is 15.0. The van der Waals surface area contributed by atoms with E-state index >= 15 is 0 Å². The highest BCUT2D eigenvalue weighted by Crippen LogP contribution is 2.32. The van der Waals surface area contributed by atoms with E-state index in [9.17, 15) is 8.42 Å². The minimum atomic E-state index is -3.61. The number of anilines is 1. The Bertz CT molecular complexity index is 1050. The fourth-order valence-corrected chi connectivity index (χ4v) is 5.05. The molecule has 28 heavy (non-hydrogen) atoms. The van der Waals surface area contributed by atoms with Gasteiger partial charge < -0.3 is 14.6 Å². The SMILES string of the molecule is COc1cccc(CN2CCN(Cc3cnc[nH]3)S(=O)(=O)c3ccccc32)c1. The summed E-state index contributed by atoms with van der Waals surface area (Å²) in [4.78, 5) is 9.41. The van der Waals surface area contributed by atoms with Crippen molar-refractivity contribution >= 4 is 15.7 Å². The van der Waals surface area contributed by atoms with E-state index in [0.717, 1.165) is 22.7 Å². The lowest BCUT2D eigenvalue weighted by Crippen LogP contribution is -2.34. The zero-order valence-corrected chi connectivity index (χ0v) is 16.4. The van der Waals surface area contributed by atoms with E-state index in [1.807, 2.05) is 36.4 Å². The number of methoxy groups -OCH3 is 1. The second-order valence-corrected chi connectivity index (χ2v) is 8.56. The van der Waals surface area contributed by atoms with Gasteiger partial charge in [-0.25, -0.2) is 13.4 Å². The highest BCUT2D eigenvalue weighted by Gasteiger charge is 2.32. The topological polar surface area (TPSA) is 78.5 Å². The van der Waals surface area contributed by atoms with Crippen LogP contribution in [0.15, 0.2) is 66.0 Å². The summed E-state index contributed by atoms with van der Waals surface area (Å²) in [7, 11) is -1.98. The van der Waals surface area contributed by atoms with Crippen LogP contribution in [0.1, 0.15) is 11.3 Å². The summed E-state index contributed by atoms with van der Waals surface area (Å²) in [5, 5.41) is 0. The number of ether oxygens (including phenoxy) is 1. The van der Waals surface area contributed by atoms with Gasteiger partial charge in [0.2, 0.25) is 10.0 Å². The predicted octanol–water partition coefficient (Wildman–Crippen LogP) is 2.63. The Morgan fingerprint density at radius 1 is 1.11 bits per heavy atom. The van der Waals surface area contributed by atoms with Crippen molar-refractivity contribution in [2.45, 2.75) is 18.0 Å². The molecule has 0 saturated heterocycles. The minimum Gasteiger partial charge on any atom is -0.497 e. The van der Waals surface area contributed by atoms with Gasteiger partial charge in [-0.05, 0) is 29.8 Å². The summed E-state index contributed by atoms with van der Waals surface area (Å²) in [5.74, 6) is 0.786. The average Bonchev–Trinajstić information content (AvgIpc) is 3.20. The lowest BCUT2D eigenvalue weighted by atomic mass is 10.2. The Morgan fingerprint density at radius 3 is 2.75 bits per heavy atom. The third-order valence-electron chi connectivity index (χ3n) is 4.85. The standard InChI is InChI=1S/C20H22N4O3S/c1-27-18-6-4-5-16(11-18)13-23-9-10-24(14-17-12-21-15-22-17)28(25,26)20-8-3-2-7-19(20)23/h2-8,11-12,15H,9-10,13-14H2,1H3,(H,21,22). The Balaban J connectivity index is 1.68. The van der Waals surface area contributed by atoms with Crippen LogP contribution in [0.25, 0.3) is 0 Å². The van der Waals surface area contributed by atoms with Crippen LogP contribution in [0, 0.1) is 0 Å². The van der Waals surface area contributed by atoms with Gasteiger partial charge in [0.15, 0.2) is 0 Å². The van der Waals surface area contributed by atoms with Crippen molar-refractivity contribution in [1.82, 2.24) is 14.3 Å². The van der Waals surface area contributed by atoms with Crippen molar-refractivity contribution in [2.75, 3.05) is 25.1 Å². The van der Waals surface area contributed by atoms with E-state index < -0.39 is 10.0 Å². The molecule has 1 N–H and O–H groups in total. The van der Waals surface area contributed by atoms with E-state index in [-0.39, 0.29) is 6.54 Å². The van der Waals surface area contributed by atoms with Crippen molar-refractivity contribution < 1.29 is 13.2 Å². The van der Waals surface area contributed by atoms with E-state index in [4.69, 9.17) is 4.74 Å². The van der Waals surface area contributed by atoms with Gasteiger partial charge in [0, 0.05) is 31.5 Å². The average molecular weight is 398 g/mol. The van der Waals surface area contributed by atoms with Gasteiger partial charge >= 0.3 is 0 Å². The number of rotatable bonds is 5. The quantitative estimate of drug-likeness (QED) is 0.715. The summed E-state index contributed by atoms with van der Waals surface area (Å²) in [5.41, 5.74) is 2.55. The number of aromatic nitrogens is 2. The van der Waals surface area contributed by atoms with E-state index in [2.05, 4.69) is 14.9 Å². The molecule has 0 radical (unpaired) electrons. The first kappa shape index (κ1) is 18.5. The van der Waals surface area contributed by atoms with Gasteiger partial charge in [0.1, 0.15) is 10.6 Å². The van der Waals surface area contributed by atoms with Gasteiger partial charge in [-0.3, -0.25) is 0 Å². The van der Waals surface area contributed by atoms with Crippen molar-refractivity contribution in [3.63, 3.8) is 0 Å². The molecule has 146 valence electrons. The fourth-order valence-electron chi connectivity index (χ4n) is 3.43. The second-order valence-electron chi connectivity index (χ2n) is 6.66. The van der Waals surface area contributed by atoms with E-state index in [0.29, 0.717) is 24.5 Å². The van der Waals surface area contributed by atoms with E-state index in [1.54, 1.807) is 31.8 Å². The van der Waals surface area contributed by atoms with Crippen LogP contribution < -0.4 is 9.64 Å². The number of fused-ring (bicyclic) bond motifs is 1. The summed E-state index contributed by atoms with van der Waals surface area (Å²) in [6.07, 6.45) is 3.21. The monoisotopic (exact) mass is 398 g/mol. The molecule has 0 bridgehead atoms. The minimum absolute atomic E-state index is 0.268. The number of nitrogens with one attached hydrogen (secondary N) is 1. The summed E-state index contributed by atoms with van der Waals surface area (Å²) < 4.78 is 33.4. The predicted molar refractivity (Wildman–Crippen MR) is 107 cm³/mol. The first-order chi connectivity index (χ1) is 13.6. The Hall–Kier alpha value is -2.84. The van der Waals surface area contributed by atoms with Crippen LogP contribution >= 0.6 is 0 Å². The highest BCUT2D eigenvalue weighted by atomic mass is 32.2. The van der Waals surface area contributed by atoms with Crippen LogP contribution in [0.5, 0.6) is 5.75 Å². The van der Waals surface area contributed by atoms with Gasteiger partial charge in [-0.15, -0.1) is 0 Å². The maximum absolute atomic E-state index is 13.3. The maximum atomic E-state index is 13.3. The molecule has 1 aromatic heterocycles. The van der Waals surface area contributed by atoms with Crippen molar-refractivity contribution in [3.8, 4) is 5.75 Å². The molecule has 0 unspecified atom stereocenters. The Labute approximate surface area is 164 Å². The Morgan fingerprint density at radius 2 is 1.96 bits per heavy atom. The van der Waals surface area contributed by atoms with Gasteiger partial charge in [-0.2, -0.15) is 4.31 Å². The van der Waals surface area contributed by atoms with Gasteiger partial charge in [0.25, 0.3) is 0 Å². The molecule has 7 nitrogen and oxygen atoms in total. The first-order valence-electron chi connectivity index (χ1n) is 9.02. The van der Waals surface area contributed by atoms with Crippen LogP contribution in [0.4, 0.5) is 5.69 Å². The normalized spacial score (nSPS) is 16.4. The number of hydrogen-bond acceptors (Lipinski definition) is 5. The molecule has 1 aliphatic rings. The van der Waals surface area contributed by atoms with Crippen molar-refractivity contribution in [2.24, 2.45) is 0 Å². The molecule has 0 amide bonds. The zero-order valence-electron chi connectivity index (χ0n) is 15.6. The molecule has 0 fully saturated rings. The van der Waals surface area contributed by atoms with Crippen LogP contribution in [-0.4, -0.2) is 42.9 Å². The van der Waals surface area contributed by atoms with Gasteiger partial charge in [-0.1, -0.05) is 24.3 Å². The van der Waals surface area contributed by atoms with Crippen LogP contribution in [0.3, 0.4) is 0 Å². The maximum Gasteiger partial charge on any atom is 0.245 e. The molecular formula is C20H22N4O3S. The third-order valence-corrected chi connectivity index (χ3v) is 6.74.